The molecule has 55 heavy (non-hydrogen) atoms. The summed E-state index contributed by atoms with van der Waals surface area (Å²) in [6.07, 6.45) is 0. The van der Waals surface area contributed by atoms with Crippen LogP contribution in [0.2, 0.25) is 0 Å². The van der Waals surface area contributed by atoms with E-state index in [-0.39, 0.29) is 12.0 Å². The van der Waals surface area contributed by atoms with Crippen molar-refractivity contribution >= 4 is 49.3 Å². The highest BCUT2D eigenvalue weighted by molar-refractivity contribution is 6.17. The van der Waals surface area contributed by atoms with Crippen molar-refractivity contribution in [2.45, 2.75) is 13.0 Å². The fourth-order valence-electron chi connectivity index (χ4n) is 9.13. The van der Waals surface area contributed by atoms with Crippen LogP contribution in [0.3, 0.4) is 0 Å². The molecular formula is C52H36N2O. The van der Waals surface area contributed by atoms with E-state index in [4.69, 9.17) is 9.41 Å². The molecule has 0 amide bonds. The van der Waals surface area contributed by atoms with Gasteiger partial charge in [-0.1, -0.05) is 165 Å². The third kappa shape index (κ3) is 4.93. The number of aromatic nitrogens is 1. The molecule has 2 aromatic heterocycles. The number of para-hydroxylation sites is 3. The normalized spacial score (nSPS) is 15.5. The van der Waals surface area contributed by atoms with E-state index in [0.717, 1.165) is 44.0 Å². The molecule has 1 aliphatic rings. The highest BCUT2D eigenvalue weighted by atomic mass is 16.3. The van der Waals surface area contributed by atoms with Gasteiger partial charge in [-0.15, -0.1) is 0 Å². The largest absolute Gasteiger partial charge is 0.454 e. The van der Waals surface area contributed by atoms with Crippen LogP contribution in [-0.2, 0) is 0 Å². The first-order valence-electron chi connectivity index (χ1n) is 19.1. The van der Waals surface area contributed by atoms with Crippen LogP contribution >= 0.6 is 0 Å². The minimum Gasteiger partial charge on any atom is -0.454 e. The second kappa shape index (κ2) is 12.6. The molecular weight excluding hydrogens is 669 g/mol. The standard InChI is InChI=1S/C52H36N2O/c1-33-48(37-31-29-35(30-32-37)34-15-4-2-5-16-34)39-19-8-10-24-43(39)53-51(33)41-22-14-28-47-50(41)42-23-13-27-46(52(42)55-47)54-44-25-11-9-20-40(44)49-38(21-12-26-45(49)54)36-17-6-3-7-18-36/h2-33,51H,1H3/t33-,51?/m0/s1. The SMILES string of the molecule is C[C@H]1C(c2ccc(-c3ccccc3)cc2)=c2ccccc2=NC1c1cccc2oc3c(-n4c5ccccc5c5c(-c6ccccc6)cccc54)cccc3c12. The van der Waals surface area contributed by atoms with Crippen molar-refractivity contribution < 1.29 is 4.42 Å². The summed E-state index contributed by atoms with van der Waals surface area (Å²) < 4.78 is 9.34. The first-order valence-corrected chi connectivity index (χ1v) is 19.1. The van der Waals surface area contributed by atoms with Gasteiger partial charge < -0.3 is 8.98 Å². The molecule has 3 heteroatoms. The number of furan rings is 1. The number of fused-ring (bicyclic) bond motifs is 7. The van der Waals surface area contributed by atoms with Gasteiger partial charge in [0.2, 0.25) is 0 Å². The molecule has 1 unspecified atom stereocenters. The van der Waals surface area contributed by atoms with Crippen molar-refractivity contribution in [2.24, 2.45) is 10.9 Å². The minimum atomic E-state index is -0.103. The molecule has 0 spiro atoms. The zero-order valence-corrected chi connectivity index (χ0v) is 30.4. The summed E-state index contributed by atoms with van der Waals surface area (Å²) in [6.45, 7) is 2.33. The van der Waals surface area contributed by atoms with Crippen molar-refractivity contribution in [3.8, 4) is 27.9 Å². The van der Waals surface area contributed by atoms with Gasteiger partial charge in [-0.3, -0.25) is 4.99 Å². The van der Waals surface area contributed by atoms with Crippen LogP contribution in [0.25, 0.3) is 77.3 Å². The van der Waals surface area contributed by atoms with E-state index < -0.39 is 0 Å². The monoisotopic (exact) mass is 704 g/mol. The summed E-state index contributed by atoms with van der Waals surface area (Å²) in [5, 5.41) is 6.92. The highest BCUT2D eigenvalue weighted by Gasteiger charge is 2.30. The lowest BCUT2D eigenvalue weighted by atomic mass is 9.80. The van der Waals surface area contributed by atoms with Crippen molar-refractivity contribution in [3.05, 3.63) is 210 Å². The second-order valence-corrected chi connectivity index (χ2v) is 14.6. The van der Waals surface area contributed by atoms with Crippen LogP contribution in [0, 0.1) is 5.92 Å². The van der Waals surface area contributed by atoms with Gasteiger partial charge in [0.15, 0.2) is 5.58 Å². The Hall–Kier alpha value is -6.97. The van der Waals surface area contributed by atoms with Gasteiger partial charge >= 0.3 is 0 Å². The maximum atomic E-state index is 6.95. The number of nitrogens with zero attached hydrogens (tertiary/aromatic N) is 2. The molecule has 3 heterocycles. The van der Waals surface area contributed by atoms with Crippen LogP contribution in [-0.4, -0.2) is 4.57 Å². The first-order chi connectivity index (χ1) is 27.2. The van der Waals surface area contributed by atoms with E-state index in [1.165, 1.54) is 54.9 Å². The summed E-state index contributed by atoms with van der Waals surface area (Å²) >= 11 is 0. The van der Waals surface area contributed by atoms with E-state index in [9.17, 15) is 0 Å². The first kappa shape index (κ1) is 31.5. The van der Waals surface area contributed by atoms with Gasteiger partial charge in [-0.25, -0.2) is 0 Å². The van der Waals surface area contributed by atoms with E-state index in [0.29, 0.717) is 0 Å². The van der Waals surface area contributed by atoms with Crippen LogP contribution in [0.5, 0.6) is 0 Å². The van der Waals surface area contributed by atoms with Gasteiger partial charge in [0, 0.05) is 32.7 Å². The Morgan fingerprint density at radius 2 is 1.13 bits per heavy atom. The lowest BCUT2D eigenvalue weighted by molar-refractivity contribution is 0.560. The van der Waals surface area contributed by atoms with Gasteiger partial charge in [0.25, 0.3) is 0 Å². The number of rotatable bonds is 5. The summed E-state index contributed by atoms with van der Waals surface area (Å²) in [4.78, 5) is 5.50. The lowest BCUT2D eigenvalue weighted by Gasteiger charge is -2.28. The zero-order valence-electron chi connectivity index (χ0n) is 30.4. The van der Waals surface area contributed by atoms with Crippen molar-refractivity contribution in [3.63, 3.8) is 0 Å². The van der Waals surface area contributed by atoms with Gasteiger partial charge in [-0.2, -0.15) is 0 Å². The topological polar surface area (TPSA) is 30.4 Å². The average molecular weight is 705 g/mol. The molecule has 2 atom stereocenters. The summed E-state index contributed by atoms with van der Waals surface area (Å²) in [6, 6.07) is 67.3. The maximum absolute atomic E-state index is 6.95. The summed E-state index contributed by atoms with van der Waals surface area (Å²) in [7, 11) is 0. The van der Waals surface area contributed by atoms with E-state index in [1.54, 1.807) is 0 Å². The molecule has 10 aromatic rings. The predicted molar refractivity (Wildman–Crippen MR) is 227 cm³/mol. The molecule has 0 saturated carbocycles. The predicted octanol–water partition coefficient (Wildman–Crippen LogP) is 12.2. The average Bonchev–Trinajstić information content (AvgIpc) is 3.81. The molecule has 0 bridgehead atoms. The Balaban J connectivity index is 1.10. The van der Waals surface area contributed by atoms with Crippen LogP contribution in [0.4, 0.5) is 0 Å². The van der Waals surface area contributed by atoms with Gasteiger partial charge in [0.05, 0.1) is 28.1 Å². The molecule has 1 aliphatic heterocycles. The van der Waals surface area contributed by atoms with Crippen LogP contribution in [0.1, 0.15) is 24.1 Å². The molecule has 3 nitrogen and oxygen atoms in total. The van der Waals surface area contributed by atoms with Crippen LogP contribution in [0.15, 0.2) is 197 Å². The molecule has 0 saturated heterocycles. The Morgan fingerprint density at radius 1 is 0.491 bits per heavy atom. The van der Waals surface area contributed by atoms with Gasteiger partial charge in [-0.05, 0) is 69.3 Å². The van der Waals surface area contributed by atoms with E-state index >= 15 is 0 Å². The molecule has 260 valence electrons. The van der Waals surface area contributed by atoms with Crippen LogP contribution < -0.4 is 10.6 Å². The number of hydrogen-bond donors (Lipinski definition) is 0. The third-order valence-corrected chi connectivity index (χ3v) is 11.6. The molecule has 0 aliphatic carbocycles. The Bertz CT molecular complexity index is 3210. The maximum Gasteiger partial charge on any atom is 0.159 e. The van der Waals surface area contributed by atoms with E-state index in [1.807, 2.05) is 0 Å². The van der Waals surface area contributed by atoms with E-state index in [2.05, 4.69) is 200 Å². The molecule has 8 aromatic carbocycles. The Labute approximate surface area is 318 Å². The van der Waals surface area contributed by atoms with Crippen molar-refractivity contribution in [1.82, 2.24) is 4.57 Å². The smallest absolute Gasteiger partial charge is 0.159 e. The number of benzene rings is 8. The second-order valence-electron chi connectivity index (χ2n) is 14.6. The Kier molecular flexibility index (Phi) is 7.21. The van der Waals surface area contributed by atoms with Crippen molar-refractivity contribution in [2.75, 3.05) is 0 Å². The molecule has 0 radical (unpaired) electrons. The fourth-order valence-corrected chi connectivity index (χ4v) is 9.13. The zero-order chi connectivity index (χ0) is 36.5. The quantitative estimate of drug-likeness (QED) is 0.175. The fraction of sp³-hybridized carbons (Fsp3) is 0.0577. The summed E-state index contributed by atoms with van der Waals surface area (Å²) in [5.41, 5.74) is 13.7. The van der Waals surface area contributed by atoms with Gasteiger partial charge in [0.1, 0.15) is 5.58 Å². The molecule has 0 N–H and O–H groups in total. The highest BCUT2D eigenvalue weighted by Crippen LogP contribution is 2.45. The number of hydrogen-bond acceptors (Lipinski definition) is 2. The Morgan fingerprint density at radius 3 is 1.96 bits per heavy atom. The summed E-state index contributed by atoms with van der Waals surface area (Å²) in [5.74, 6) is 0.116. The molecule has 11 rings (SSSR count). The van der Waals surface area contributed by atoms with Crippen molar-refractivity contribution in [1.29, 1.82) is 0 Å². The minimum absolute atomic E-state index is 0.103. The lowest BCUT2D eigenvalue weighted by Crippen LogP contribution is -2.36. The third-order valence-electron chi connectivity index (χ3n) is 11.6. The molecule has 0 fully saturated rings.